The monoisotopic (exact) mass is 245 g/mol. The Kier molecular flexibility index (Phi) is 3.14. The summed E-state index contributed by atoms with van der Waals surface area (Å²) in [6, 6.07) is 8.29. The maximum atomic E-state index is 11.9. The van der Waals surface area contributed by atoms with Crippen molar-refractivity contribution in [3.05, 3.63) is 58.5 Å². The van der Waals surface area contributed by atoms with Crippen LogP contribution >= 0.6 is 0 Å². The molecule has 1 aromatic carbocycles. The molecule has 0 saturated carbocycles. The summed E-state index contributed by atoms with van der Waals surface area (Å²) in [6.45, 7) is -0.155. The highest BCUT2D eigenvalue weighted by Crippen LogP contribution is 2.23. The van der Waals surface area contributed by atoms with Crippen molar-refractivity contribution in [2.45, 2.75) is 6.54 Å². The van der Waals surface area contributed by atoms with Gasteiger partial charge in [-0.2, -0.15) is 0 Å². The van der Waals surface area contributed by atoms with Gasteiger partial charge in [-0.05, 0) is 18.2 Å². The van der Waals surface area contributed by atoms with Crippen molar-refractivity contribution >= 4 is 5.78 Å². The van der Waals surface area contributed by atoms with E-state index < -0.39 is 5.78 Å². The fourth-order valence-electron chi connectivity index (χ4n) is 1.59. The maximum Gasteiger partial charge on any atom is 0.250 e. The zero-order valence-corrected chi connectivity index (χ0v) is 9.41. The molecule has 0 aliphatic heterocycles. The number of rotatable bonds is 3. The average molecular weight is 245 g/mol. The summed E-state index contributed by atoms with van der Waals surface area (Å²) in [5.41, 5.74) is -0.215. The standard InChI is InChI=1S/C13H11NO4/c15-9-4-5-10(11(16)7-9)12(17)8-14-6-2-1-3-13(14)18/h1-7,15-16H,8H2. The number of carbonyl (C=O) groups excluding carboxylic acids is 1. The van der Waals surface area contributed by atoms with Crippen molar-refractivity contribution in [3.8, 4) is 11.5 Å². The van der Waals surface area contributed by atoms with Gasteiger partial charge in [-0.3, -0.25) is 9.59 Å². The van der Waals surface area contributed by atoms with E-state index in [2.05, 4.69) is 0 Å². The number of hydrogen-bond acceptors (Lipinski definition) is 4. The van der Waals surface area contributed by atoms with Gasteiger partial charge in [-0.1, -0.05) is 6.07 Å². The van der Waals surface area contributed by atoms with E-state index in [4.69, 9.17) is 5.11 Å². The predicted octanol–water partition coefficient (Wildman–Crippen LogP) is 1.14. The maximum absolute atomic E-state index is 11.9. The summed E-state index contributed by atoms with van der Waals surface area (Å²) >= 11 is 0. The third-order valence-corrected chi connectivity index (χ3v) is 2.49. The van der Waals surface area contributed by atoms with Gasteiger partial charge in [0.05, 0.1) is 12.1 Å². The van der Waals surface area contributed by atoms with Crippen LogP contribution in [-0.2, 0) is 6.54 Å². The van der Waals surface area contributed by atoms with Gasteiger partial charge >= 0.3 is 0 Å². The number of phenols is 2. The van der Waals surface area contributed by atoms with Crippen LogP contribution in [0.4, 0.5) is 0 Å². The molecule has 0 saturated heterocycles. The predicted molar refractivity (Wildman–Crippen MR) is 64.8 cm³/mol. The number of aromatic hydroxyl groups is 2. The second kappa shape index (κ2) is 4.75. The normalized spacial score (nSPS) is 10.2. The SMILES string of the molecule is O=C(Cn1ccccc1=O)c1ccc(O)cc1O. The summed E-state index contributed by atoms with van der Waals surface area (Å²) in [4.78, 5) is 23.3. The Morgan fingerprint density at radius 3 is 2.61 bits per heavy atom. The van der Waals surface area contributed by atoms with E-state index in [-0.39, 0.29) is 29.2 Å². The Morgan fingerprint density at radius 2 is 1.94 bits per heavy atom. The lowest BCUT2D eigenvalue weighted by atomic mass is 10.1. The van der Waals surface area contributed by atoms with Gasteiger partial charge in [0.2, 0.25) is 0 Å². The molecule has 2 N–H and O–H groups in total. The van der Waals surface area contributed by atoms with Crippen LogP contribution in [0.5, 0.6) is 11.5 Å². The Balaban J connectivity index is 2.28. The van der Waals surface area contributed by atoms with Gasteiger partial charge in [0.15, 0.2) is 5.78 Å². The Labute approximate surface area is 103 Å². The fraction of sp³-hybridized carbons (Fsp3) is 0.0769. The summed E-state index contributed by atoms with van der Waals surface area (Å²) in [5.74, 6) is -0.828. The first-order chi connectivity index (χ1) is 8.58. The summed E-state index contributed by atoms with van der Waals surface area (Å²) in [5, 5.41) is 18.7. The molecule has 1 aromatic heterocycles. The number of Topliss-reactive ketones (excluding diaryl/α,β-unsaturated/α-hetero) is 1. The largest absolute Gasteiger partial charge is 0.508 e. The first-order valence-corrected chi connectivity index (χ1v) is 5.28. The van der Waals surface area contributed by atoms with Crippen LogP contribution in [0.2, 0.25) is 0 Å². The molecule has 0 aliphatic rings. The number of pyridine rings is 1. The van der Waals surface area contributed by atoms with E-state index in [0.717, 1.165) is 6.07 Å². The van der Waals surface area contributed by atoms with Crippen molar-refractivity contribution < 1.29 is 15.0 Å². The molecule has 0 unspecified atom stereocenters. The number of benzene rings is 1. The van der Waals surface area contributed by atoms with Crippen LogP contribution in [-0.4, -0.2) is 20.6 Å². The minimum absolute atomic E-state index is 0.0727. The molecular weight excluding hydrogens is 234 g/mol. The molecule has 0 spiro atoms. The van der Waals surface area contributed by atoms with Crippen LogP contribution in [0.15, 0.2) is 47.4 Å². The molecule has 0 atom stereocenters. The molecule has 5 nitrogen and oxygen atoms in total. The number of nitrogens with zero attached hydrogens (tertiary/aromatic N) is 1. The number of carbonyl (C=O) groups is 1. The van der Waals surface area contributed by atoms with Crippen LogP contribution in [0.1, 0.15) is 10.4 Å². The van der Waals surface area contributed by atoms with E-state index in [1.807, 2.05) is 0 Å². The third-order valence-electron chi connectivity index (χ3n) is 2.49. The molecule has 92 valence electrons. The van der Waals surface area contributed by atoms with Gasteiger partial charge in [0.25, 0.3) is 5.56 Å². The zero-order valence-electron chi connectivity index (χ0n) is 9.41. The first-order valence-electron chi connectivity index (χ1n) is 5.28. The molecule has 0 bridgehead atoms. The molecule has 0 amide bonds. The molecule has 18 heavy (non-hydrogen) atoms. The quantitative estimate of drug-likeness (QED) is 0.795. The number of phenolic OH excluding ortho intramolecular Hbond substituents is 2. The summed E-state index contributed by atoms with van der Waals surface area (Å²) in [6.07, 6.45) is 1.50. The Hall–Kier alpha value is -2.56. The van der Waals surface area contributed by atoms with Crippen molar-refractivity contribution in [1.82, 2.24) is 4.57 Å². The third kappa shape index (κ3) is 2.40. The highest BCUT2D eigenvalue weighted by atomic mass is 16.3. The molecule has 0 radical (unpaired) electrons. The lowest BCUT2D eigenvalue weighted by molar-refractivity contribution is 0.0968. The summed E-state index contributed by atoms with van der Waals surface area (Å²) < 4.78 is 1.24. The minimum atomic E-state index is -0.402. The van der Waals surface area contributed by atoms with Gasteiger partial charge in [0.1, 0.15) is 11.5 Å². The topological polar surface area (TPSA) is 79.5 Å². The second-order valence-corrected chi connectivity index (χ2v) is 3.79. The lowest BCUT2D eigenvalue weighted by Crippen LogP contribution is -2.22. The minimum Gasteiger partial charge on any atom is -0.508 e. The molecule has 2 aromatic rings. The van der Waals surface area contributed by atoms with E-state index in [1.54, 1.807) is 12.1 Å². The second-order valence-electron chi connectivity index (χ2n) is 3.79. The zero-order chi connectivity index (χ0) is 13.1. The molecule has 5 heteroatoms. The molecule has 2 rings (SSSR count). The van der Waals surface area contributed by atoms with Gasteiger partial charge in [-0.25, -0.2) is 0 Å². The Morgan fingerprint density at radius 1 is 1.17 bits per heavy atom. The van der Waals surface area contributed by atoms with Crippen LogP contribution in [0, 0.1) is 0 Å². The summed E-state index contributed by atoms with van der Waals surface area (Å²) in [7, 11) is 0. The average Bonchev–Trinajstić information content (AvgIpc) is 2.32. The number of hydrogen-bond donors (Lipinski definition) is 2. The van der Waals surface area contributed by atoms with Crippen LogP contribution in [0.25, 0.3) is 0 Å². The van der Waals surface area contributed by atoms with E-state index in [0.29, 0.717) is 0 Å². The van der Waals surface area contributed by atoms with E-state index in [1.165, 1.54) is 29.0 Å². The van der Waals surface area contributed by atoms with Gasteiger partial charge in [0, 0.05) is 18.3 Å². The van der Waals surface area contributed by atoms with Crippen molar-refractivity contribution in [3.63, 3.8) is 0 Å². The first kappa shape index (κ1) is 11.9. The van der Waals surface area contributed by atoms with Crippen LogP contribution < -0.4 is 5.56 Å². The van der Waals surface area contributed by atoms with Crippen molar-refractivity contribution in [1.29, 1.82) is 0 Å². The van der Waals surface area contributed by atoms with Gasteiger partial charge < -0.3 is 14.8 Å². The fourth-order valence-corrected chi connectivity index (χ4v) is 1.59. The number of aromatic nitrogens is 1. The molecular formula is C13H11NO4. The highest BCUT2D eigenvalue weighted by Gasteiger charge is 2.12. The van der Waals surface area contributed by atoms with Crippen LogP contribution in [0.3, 0.4) is 0 Å². The van der Waals surface area contributed by atoms with Gasteiger partial charge in [-0.15, -0.1) is 0 Å². The van der Waals surface area contributed by atoms with E-state index in [9.17, 15) is 14.7 Å². The molecule has 0 fully saturated rings. The smallest absolute Gasteiger partial charge is 0.250 e. The number of ketones is 1. The Bertz CT molecular complexity index is 645. The molecule has 1 heterocycles. The van der Waals surface area contributed by atoms with Crippen molar-refractivity contribution in [2.24, 2.45) is 0 Å². The van der Waals surface area contributed by atoms with E-state index >= 15 is 0 Å². The molecule has 0 aliphatic carbocycles. The highest BCUT2D eigenvalue weighted by molar-refractivity contribution is 5.98. The van der Waals surface area contributed by atoms with Crippen molar-refractivity contribution in [2.75, 3.05) is 0 Å². The lowest BCUT2D eigenvalue weighted by Gasteiger charge is -2.06.